The molecule has 6 heteroatoms. The summed E-state index contributed by atoms with van der Waals surface area (Å²) in [7, 11) is 5.58. The van der Waals surface area contributed by atoms with Crippen LogP contribution in [0.5, 0.6) is 5.75 Å². The average molecular weight is 344 g/mol. The van der Waals surface area contributed by atoms with Gasteiger partial charge in [-0.25, -0.2) is 9.67 Å². The van der Waals surface area contributed by atoms with Crippen LogP contribution in [-0.4, -0.2) is 54.1 Å². The molecule has 1 aromatic carbocycles. The number of nitrogens with zero attached hydrogens (tertiary/aromatic N) is 4. The Hall–Kier alpha value is -1.92. The Labute approximate surface area is 149 Å². The Balaban J connectivity index is 1.97. The van der Waals surface area contributed by atoms with E-state index in [1.165, 1.54) is 19.3 Å². The number of methoxy groups -OCH3 is 2. The first-order valence-corrected chi connectivity index (χ1v) is 9.02. The summed E-state index contributed by atoms with van der Waals surface area (Å²) in [5.74, 6) is 2.71. The van der Waals surface area contributed by atoms with Gasteiger partial charge in [0.15, 0.2) is 5.82 Å². The van der Waals surface area contributed by atoms with Gasteiger partial charge in [-0.2, -0.15) is 5.10 Å². The van der Waals surface area contributed by atoms with E-state index in [2.05, 4.69) is 11.9 Å². The van der Waals surface area contributed by atoms with E-state index in [0.717, 1.165) is 42.5 Å². The summed E-state index contributed by atoms with van der Waals surface area (Å²) in [4.78, 5) is 7.30. The molecule has 0 saturated carbocycles. The van der Waals surface area contributed by atoms with Crippen molar-refractivity contribution in [2.75, 3.05) is 34.4 Å². The van der Waals surface area contributed by atoms with Crippen molar-refractivity contribution in [2.45, 2.75) is 38.1 Å². The zero-order chi connectivity index (χ0) is 17.6. The number of likely N-dealkylation sites (tertiary alicyclic amines) is 1. The summed E-state index contributed by atoms with van der Waals surface area (Å²) in [5.41, 5.74) is 1.02. The van der Waals surface area contributed by atoms with Crippen molar-refractivity contribution < 1.29 is 9.47 Å². The van der Waals surface area contributed by atoms with Gasteiger partial charge in [-0.15, -0.1) is 0 Å². The molecule has 25 heavy (non-hydrogen) atoms. The van der Waals surface area contributed by atoms with E-state index in [-0.39, 0.29) is 0 Å². The SMILES string of the molecule is COCCc1nc([C@H]2CCCCCN2C)n(-c2ccc(OC)cc2)n1. The fraction of sp³-hybridized carbons (Fsp3) is 0.579. The predicted octanol–water partition coefficient (Wildman–Crippen LogP) is 3.01. The lowest BCUT2D eigenvalue weighted by Gasteiger charge is -2.25. The van der Waals surface area contributed by atoms with Crippen LogP contribution in [0, 0.1) is 0 Å². The second kappa shape index (κ2) is 8.45. The van der Waals surface area contributed by atoms with Gasteiger partial charge in [0.25, 0.3) is 0 Å². The Morgan fingerprint density at radius 2 is 1.92 bits per heavy atom. The van der Waals surface area contributed by atoms with Crippen LogP contribution in [0.15, 0.2) is 24.3 Å². The molecule has 6 nitrogen and oxygen atoms in total. The Morgan fingerprint density at radius 1 is 1.12 bits per heavy atom. The highest BCUT2D eigenvalue weighted by atomic mass is 16.5. The number of ether oxygens (including phenoxy) is 2. The lowest BCUT2D eigenvalue weighted by atomic mass is 10.1. The molecule has 1 aliphatic rings. The van der Waals surface area contributed by atoms with E-state index in [1.54, 1.807) is 14.2 Å². The largest absolute Gasteiger partial charge is 0.497 e. The monoisotopic (exact) mass is 344 g/mol. The molecule has 1 fully saturated rings. The number of rotatable bonds is 6. The van der Waals surface area contributed by atoms with Crippen molar-refractivity contribution in [3.8, 4) is 11.4 Å². The maximum absolute atomic E-state index is 5.27. The van der Waals surface area contributed by atoms with E-state index in [0.29, 0.717) is 12.6 Å². The maximum atomic E-state index is 5.27. The van der Waals surface area contributed by atoms with E-state index in [9.17, 15) is 0 Å². The fourth-order valence-electron chi connectivity index (χ4n) is 3.38. The van der Waals surface area contributed by atoms with Crippen molar-refractivity contribution in [2.24, 2.45) is 0 Å². The van der Waals surface area contributed by atoms with Crippen LogP contribution in [0.3, 0.4) is 0 Å². The molecule has 0 amide bonds. The molecule has 1 aromatic heterocycles. The van der Waals surface area contributed by atoms with Gasteiger partial charge in [-0.1, -0.05) is 12.8 Å². The van der Waals surface area contributed by atoms with Gasteiger partial charge in [0.05, 0.1) is 25.4 Å². The molecule has 1 aliphatic heterocycles. The van der Waals surface area contributed by atoms with Crippen LogP contribution >= 0.6 is 0 Å². The molecule has 0 aliphatic carbocycles. The molecular formula is C19H28N4O2. The zero-order valence-corrected chi connectivity index (χ0v) is 15.4. The fourth-order valence-corrected chi connectivity index (χ4v) is 3.38. The summed E-state index contributed by atoms with van der Waals surface area (Å²) in [5, 5.41) is 4.77. The third kappa shape index (κ3) is 4.19. The molecular weight excluding hydrogens is 316 g/mol. The lowest BCUT2D eigenvalue weighted by molar-refractivity contribution is 0.200. The van der Waals surface area contributed by atoms with E-state index >= 15 is 0 Å². The van der Waals surface area contributed by atoms with Gasteiger partial charge in [-0.3, -0.25) is 4.90 Å². The van der Waals surface area contributed by atoms with Gasteiger partial charge in [-0.05, 0) is 50.7 Å². The molecule has 0 bridgehead atoms. The number of benzene rings is 1. The summed E-state index contributed by atoms with van der Waals surface area (Å²) in [6.07, 6.45) is 5.62. The molecule has 136 valence electrons. The Morgan fingerprint density at radius 3 is 2.64 bits per heavy atom. The molecule has 0 spiro atoms. The van der Waals surface area contributed by atoms with Crippen LogP contribution in [-0.2, 0) is 11.2 Å². The van der Waals surface area contributed by atoms with Crippen LogP contribution in [0.2, 0.25) is 0 Å². The van der Waals surface area contributed by atoms with Crippen LogP contribution in [0.25, 0.3) is 5.69 Å². The lowest BCUT2D eigenvalue weighted by Crippen LogP contribution is -2.26. The van der Waals surface area contributed by atoms with E-state index < -0.39 is 0 Å². The van der Waals surface area contributed by atoms with Crippen molar-refractivity contribution in [1.82, 2.24) is 19.7 Å². The van der Waals surface area contributed by atoms with Gasteiger partial charge in [0.1, 0.15) is 11.6 Å². The molecule has 1 atom stereocenters. The van der Waals surface area contributed by atoms with Crippen molar-refractivity contribution in [3.63, 3.8) is 0 Å². The first kappa shape index (κ1) is 17.9. The first-order chi connectivity index (χ1) is 12.2. The predicted molar refractivity (Wildman–Crippen MR) is 97.3 cm³/mol. The van der Waals surface area contributed by atoms with Crippen molar-refractivity contribution >= 4 is 0 Å². The van der Waals surface area contributed by atoms with Gasteiger partial charge in [0, 0.05) is 13.5 Å². The minimum Gasteiger partial charge on any atom is -0.497 e. The normalized spacial score (nSPS) is 18.9. The first-order valence-electron chi connectivity index (χ1n) is 9.02. The Kier molecular flexibility index (Phi) is 6.04. The average Bonchev–Trinajstić information content (AvgIpc) is 2.94. The minimum absolute atomic E-state index is 0.299. The Bertz CT molecular complexity index is 669. The molecule has 2 aromatic rings. The van der Waals surface area contributed by atoms with Crippen LogP contribution < -0.4 is 4.74 Å². The highest BCUT2D eigenvalue weighted by Crippen LogP contribution is 2.29. The number of hydrogen-bond donors (Lipinski definition) is 0. The highest BCUT2D eigenvalue weighted by Gasteiger charge is 2.26. The second-order valence-corrected chi connectivity index (χ2v) is 6.58. The number of hydrogen-bond acceptors (Lipinski definition) is 5. The van der Waals surface area contributed by atoms with E-state index in [4.69, 9.17) is 19.6 Å². The summed E-state index contributed by atoms with van der Waals surface area (Å²) >= 11 is 0. The quantitative estimate of drug-likeness (QED) is 0.806. The number of aromatic nitrogens is 3. The molecule has 0 N–H and O–H groups in total. The van der Waals surface area contributed by atoms with Crippen LogP contribution in [0.4, 0.5) is 0 Å². The third-order valence-corrected chi connectivity index (χ3v) is 4.84. The van der Waals surface area contributed by atoms with Gasteiger partial charge < -0.3 is 9.47 Å². The van der Waals surface area contributed by atoms with Crippen molar-refractivity contribution in [1.29, 1.82) is 0 Å². The van der Waals surface area contributed by atoms with Crippen molar-refractivity contribution in [3.05, 3.63) is 35.9 Å². The minimum atomic E-state index is 0.299. The molecule has 0 radical (unpaired) electrons. The summed E-state index contributed by atoms with van der Waals surface area (Å²) < 4.78 is 12.5. The van der Waals surface area contributed by atoms with E-state index in [1.807, 2.05) is 28.9 Å². The maximum Gasteiger partial charge on any atom is 0.153 e. The standard InChI is InChI=1S/C19H28N4O2/c1-22-13-6-4-5-7-17(22)19-20-18(12-14-24-2)21-23(19)15-8-10-16(25-3)11-9-15/h8-11,17H,4-7,12-14H2,1-3H3/t17-/m1/s1. The van der Waals surface area contributed by atoms with Gasteiger partial charge >= 0.3 is 0 Å². The van der Waals surface area contributed by atoms with Crippen LogP contribution in [0.1, 0.15) is 43.4 Å². The molecule has 0 unspecified atom stereocenters. The summed E-state index contributed by atoms with van der Waals surface area (Å²) in [6, 6.07) is 8.30. The zero-order valence-electron chi connectivity index (χ0n) is 15.4. The molecule has 3 rings (SSSR count). The van der Waals surface area contributed by atoms with Gasteiger partial charge in [0.2, 0.25) is 0 Å². The third-order valence-electron chi connectivity index (χ3n) is 4.84. The second-order valence-electron chi connectivity index (χ2n) is 6.58. The summed E-state index contributed by atoms with van der Waals surface area (Å²) in [6.45, 7) is 1.74. The highest BCUT2D eigenvalue weighted by molar-refractivity contribution is 5.37. The molecule has 1 saturated heterocycles. The smallest absolute Gasteiger partial charge is 0.153 e. The topological polar surface area (TPSA) is 52.4 Å². The molecule has 2 heterocycles.